The van der Waals surface area contributed by atoms with E-state index in [4.69, 9.17) is 11.6 Å². The van der Waals surface area contributed by atoms with Crippen LogP contribution in [0.25, 0.3) is 0 Å². The molecule has 0 spiro atoms. The van der Waals surface area contributed by atoms with Crippen molar-refractivity contribution in [2.45, 2.75) is 57.7 Å². The van der Waals surface area contributed by atoms with E-state index >= 15 is 0 Å². The number of amides is 2. The van der Waals surface area contributed by atoms with Gasteiger partial charge in [0, 0.05) is 36.4 Å². The van der Waals surface area contributed by atoms with Gasteiger partial charge in [-0.2, -0.15) is 0 Å². The number of carbonyl (C=O) groups excluding carboxylic acids is 2. The molecule has 2 atom stereocenters. The molecule has 0 aliphatic carbocycles. The van der Waals surface area contributed by atoms with Gasteiger partial charge >= 0.3 is 0 Å². The molecule has 0 bridgehead atoms. The Morgan fingerprint density at radius 3 is 1.85 bits per heavy atom. The van der Waals surface area contributed by atoms with E-state index < -0.39 is 6.04 Å². The molecule has 0 saturated carbocycles. The Hall–Kier alpha value is -3.89. The molecule has 0 fully saturated rings. The molecule has 40 heavy (non-hydrogen) atoms. The van der Waals surface area contributed by atoms with Crippen molar-refractivity contribution in [3.63, 3.8) is 0 Å². The topological polar surface area (TPSA) is 49.4 Å². The summed E-state index contributed by atoms with van der Waals surface area (Å²) in [4.78, 5) is 30.0. The standard InChI is InChI=1S/C35H37ClN2O2/c1-3-26(2)37-35(40)33(23-27-15-7-4-8-16-27)38(25-30-21-13-14-22-32(30)36)34(39)24-31(28-17-9-5-10-18-28)29-19-11-6-12-20-29/h4-22,26,31,33H,3,23-25H2,1-2H3,(H,37,40). The largest absolute Gasteiger partial charge is 0.352 e. The van der Waals surface area contributed by atoms with E-state index in [9.17, 15) is 9.59 Å². The fourth-order valence-corrected chi connectivity index (χ4v) is 5.09. The highest BCUT2D eigenvalue weighted by atomic mass is 35.5. The van der Waals surface area contributed by atoms with Crippen molar-refractivity contribution < 1.29 is 9.59 Å². The van der Waals surface area contributed by atoms with Gasteiger partial charge in [-0.05, 0) is 41.7 Å². The first-order valence-corrected chi connectivity index (χ1v) is 14.3. The number of hydrogen-bond donors (Lipinski definition) is 1. The Morgan fingerprint density at radius 2 is 1.30 bits per heavy atom. The van der Waals surface area contributed by atoms with Crippen molar-refractivity contribution >= 4 is 23.4 Å². The zero-order valence-corrected chi connectivity index (χ0v) is 23.9. The lowest BCUT2D eigenvalue weighted by Gasteiger charge is -2.33. The molecule has 0 aromatic heterocycles. The van der Waals surface area contributed by atoms with Crippen molar-refractivity contribution in [3.05, 3.63) is 143 Å². The first kappa shape index (κ1) is 29.1. The Bertz CT molecular complexity index is 1320. The third kappa shape index (κ3) is 7.83. The molecule has 4 nitrogen and oxygen atoms in total. The van der Waals surface area contributed by atoms with Crippen LogP contribution in [0.15, 0.2) is 115 Å². The van der Waals surface area contributed by atoms with Crippen LogP contribution in [-0.4, -0.2) is 28.8 Å². The number of nitrogens with zero attached hydrogens (tertiary/aromatic N) is 1. The van der Waals surface area contributed by atoms with E-state index in [2.05, 4.69) is 29.6 Å². The van der Waals surface area contributed by atoms with E-state index in [1.165, 1.54) is 0 Å². The van der Waals surface area contributed by atoms with Crippen LogP contribution in [0.1, 0.15) is 54.9 Å². The number of hydrogen-bond acceptors (Lipinski definition) is 2. The Kier molecular flexibility index (Phi) is 10.5. The molecule has 2 unspecified atom stereocenters. The highest BCUT2D eigenvalue weighted by Gasteiger charge is 2.33. The van der Waals surface area contributed by atoms with Crippen molar-refractivity contribution in [3.8, 4) is 0 Å². The molecule has 4 aromatic rings. The number of nitrogens with one attached hydrogen (secondary N) is 1. The summed E-state index contributed by atoms with van der Waals surface area (Å²) >= 11 is 6.58. The first-order chi connectivity index (χ1) is 19.5. The van der Waals surface area contributed by atoms with Crippen LogP contribution in [-0.2, 0) is 22.6 Å². The fourth-order valence-electron chi connectivity index (χ4n) is 4.90. The monoisotopic (exact) mass is 552 g/mol. The van der Waals surface area contributed by atoms with E-state index in [1.54, 1.807) is 4.90 Å². The molecular formula is C35H37ClN2O2. The van der Waals surface area contributed by atoms with Gasteiger partial charge in [0.05, 0.1) is 0 Å². The van der Waals surface area contributed by atoms with E-state index in [-0.39, 0.29) is 36.7 Å². The molecule has 0 heterocycles. The lowest BCUT2D eigenvalue weighted by Crippen LogP contribution is -2.52. The number of benzene rings is 4. The maximum Gasteiger partial charge on any atom is 0.243 e. The molecule has 4 aromatic carbocycles. The van der Waals surface area contributed by atoms with Gasteiger partial charge < -0.3 is 10.2 Å². The maximum atomic E-state index is 14.4. The second-order valence-electron chi connectivity index (χ2n) is 10.2. The Labute approximate surface area is 243 Å². The van der Waals surface area contributed by atoms with Gasteiger partial charge in [0.1, 0.15) is 6.04 Å². The molecule has 0 aliphatic rings. The van der Waals surface area contributed by atoms with Gasteiger partial charge in [0.15, 0.2) is 0 Å². The molecule has 0 saturated heterocycles. The van der Waals surface area contributed by atoms with Crippen molar-refractivity contribution in [2.24, 2.45) is 0 Å². The Balaban J connectivity index is 1.75. The van der Waals surface area contributed by atoms with E-state index in [0.29, 0.717) is 11.4 Å². The second-order valence-corrected chi connectivity index (χ2v) is 10.6. The number of halogens is 1. The summed E-state index contributed by atoms with van der Waals surface area (Å²) in [5.41, 5.74) is 3.92. The first-order valence-electron chi connectivity index (χ1n) is 13.9. The SMILES string of the molecule is CCC(C)NC(=O)C(Cc1ccccc1)N(Cc1ccccc1Cl)C(=O)CC(c1ccccc1)c1ccccc1. The average Bonchev–Trinajstić information content (AvgIpc) is 2.99. The van der Waals surface area contributed by atoms with Crippen LogP contribution in [0.5, 0.6) is 0 Å². The third-order valence-electron chi connectivity index (χ3n) is 7.35. The van der Waals surface area contributed by atoms with Gasteiger partial charge in [-0.15, -0.1) is 0 Å². The van der Waals surface area contributed by atoms with Crippen LogP contribution < -0.4 is 5.32 Å². The van der Waals surface area contributed by atoms with Crippen LogP contribution in [0.4, 0.5) is 0 Å². The van der Waals surface area contributed by atoms with Gasteiger partial charge in [0.25, 0.3) is 0 Å². The fraction of sp³-hybridized carbons (Fsp3) is 0.257. The van der Waals surface area contributed by atoms with Gasteiger partial charge in [-0.25, -0.2) is 0 Å². The molecule has 206 valence electrons. The summed E-state index contributed by atoms with van der Waals surface area (Å²) in [7, 11) is 0. The molecule has 2 amide bonds. The number of rotatable bonds is 12. The maximum absolute atomic E-state index is 14.4. The summed E-state index contributed by atoms with van der Waals surface area (Å²) in [5, 5.41) is 3.71. The second kappa shape index (κ2) is 14.5. The molecular weight excluding hydrogens is 516 g/mol. The molecule has 0 radical (unpaired) electrons. The summed E-state index contributed by atoms with van der Waals surface area (Å²) in [6.45, 7) is 4.26. The van der Waals surface area contributed by atoms with Crippen LogP contribution >= 0.6 is 11.6 Å². The van der Waals surface area contributed by atoms with Crippen LogP contribution in [0.3, 0.4) is 0 Å². The van der Waals surface area contributed by atoms with Gasteiger partial charge in [0.2, 0.25) is 11.8 Å². The smallest absolute Gasteiger partial charge is 0.243 e. The van der Waals surface area contributed by atoms with Crippen LogP contribution in [0.2, 0.25) is 5.02 Å². The quantitative estimate of drug-likeness (QED) is 0.199. The molecule has 4 rings (SSSR count). The van der Waals surface area contributed by atoms with Crippen molar-refractivity contribution in [1.82, 2.24) is 10.2 Å². The van der Waals surface area contributed by atoms with Crippen LogP contribution in [0, 0.1) is 0 Å². The third-order valence-corrected chi connectivity index (χ3v) is 7.72. The summed E-state index contributed by atoms with van der Waals surface area (Å²) < 4.78 is 0. The number of carbonyl (C=O) groups is 2. The van der Waals surface area contributed by atoms with E-state index in [1.807, 2.05) is 105 Å². The lowest BCUT2D eigenvalue weighted by molar-refractivity contribution is -0.141. The highest BCUT2D eigenvalue weighted by molar-refractivity contribution is 6.31. The molecule has 1 N–H and O–H groups in total. The average molecular weight is 553 g/mol. The van der Waals surface area contributed by atoms with E-state index in [0.717, 1.165) is 28.7 Å². The zero-order valence-electron chi connectivity index (χ0n) is 23.2. The minimum absolute atomic E-state index is 0.00979. The minimum Gasteiger partial charge on any atom is -0.352 e. The predicted octanol–water partition coefficient (Wildman–Crippen LogP) is 7.42. The zero-order chi connectivity index (χ0) is 28.3. The van der Waals surface area contributed by atoms with Crippen molar-refractivity contribution in [1.29, 1.82) is 0 Å². The predicted molar refractivity (Wildman–Crippen MR) is 163 cm³/mol. The summed E-state index contributed by atoms with van der Waals surface area (Å²) in [6, 6.07) is 36.8. The summed E-state index contributed by atoms with van der Waals surface area (Å²) in [5.74, 6) is -0.411. The van der Waals surface area contributed by atoms with Crippen molar-refractivity contribution in [2.75, 3.05) is 0 Å². The lowest BCUT2D eigenvalue weighted by atomic mass is 9.87. The summed E-state index contributed by atoms with van der Waals surface area (Å²) in [6.07, 6.45) is 1.42. The highest BCUT2D eigenvalue weighted by Crippen LogP contribution is 2.30. The van der Waals surface area contributed by atoms with Gasteiger partial charge in [-0.3, -0.25) is 9.59 Å². The Morgan fingerprint density at radius 1 is 0.775 bits per heavy atom. The molecule has 5 heteroatoms. The molecule has 0 aliphatic heterocycles. The normalized spacial score (nSPS) is 12.5. The minimum atomic E-state index is -0.702. The van der Waals surface area contributed by atoms with Gasteiger partial charge in [-0.1, -0.05) is 128 Å².